The summed E-state index contributed by atoms with van der Waals surface area (Å²) < 4.78 is 10.9. The highest BCUT2D eigenvalue weighted by atomic mass is 35.5. The van der Waals surface area contributed by atoms with E-state index in [4.69, 9.17) is 32.7 Å². The highest BCUT2D eigenvalue weighted by Crippen LogP contribution is 2.45. The maximum Gasteiger partial charge on any atom is 0.300 e. The molecule has 1 unspecified atom stereocenters. The van der Waals surface area contributed by atoms with Crippen LogP contribution in [-0.2, 0) is 9.59 Å². The molecule has 1 aliphatic heterocycles. The normalized spacial score (nSPS) is 17.2. The van der Waals surface area contributed by atoms with Crippen molar-refractivity contribution in [3.63, 3.8) is 0 Å². The number of halogens is 2. The molecule has 0 spiro atoms. The molecular formula is C25H20Cl2N2O5. The Kier molecular flexibility index (Phi) is 6.77. The maximum atomic E-state index is 13.3. The van der Waals surface area contributed by atoms with Crippen molar-refractivity contribution in [3.05, 3.63) is 87.7 Å². The molecule has 7 nitrogen and oxygen atoms in total. The van der Waals surface area contributed by atoms with Gasteiger partial charge in [0, 0.05) is 29.2 Å². The van der Waals surface area contributed by atoms with Crippen molar-refractivity contribution in [2.45, 2.75) is 13.0 Å². The van der Waals surface area contributed by atoms with Crippen molar-refractivity contribution in [2.24, 2.45) is 0 Å². The van der Waals surface area contributed by atoms with Gasteiger partial charge in [0.2, 0.25) is 0 Å². The molecule has 9 heteroatoms. The predicted octanol–water partition coefficient (Wildman–Crippen LogP) is 5.42. The minimum atomic E-state index is -0.965. The summed E-state index contributed by atoms with van der Waals surface area (Å²) in [5.41, 5.74) is 0.903. The number of anilines is 1. The van der Waals surface area contributed by atoms with Crippen LogP contribution in [0.1, 0.15) is 24.1 Å². The second kappa shape index (κ2) is 9.75. The smallest absolute Gasteiger partial charge is 0.300 e. The SMILES string of the molecule is CCOc1cccc(N2C(=O)C(=O)/C(=C(/O)c3cc(Cl)cc(Cl)c3OC)C2c2cccnc2)c1. The number of nitrogens with zero attached hydrogens (tertiary/aromatic N) is 2. The summed E-state index contributed by atoms with van der Waals surface area (Å²) in [6, 6.07) is 12.1. The van der Waals surface area contributed by atoms with Gasteiger partial charge in [0.05, 0.1) is 35.9 Å². The van der Waals surface area contributed by atoms with E-state index in [1.165, 1.54) is 30.3 Å². The molecule has 1 atom stereocenters. The summed E-state index contributed by atoms with van der Waals surface area (Å²) in [6.45, 7) is 2.28. The summed E-state index contributed by atoms with van der Waals surface area (Å²) in [5.74, 6) is -1.48. The van der Waals surface area contributed by atoms with Crippen molar-refractivity contribution in [2.75, 3.05) is 18.6 Å². The Morgan fingerprint density at radius 1 is 1.15 bits per heavy atom. The lowest BCUT2D eigenvalue weighted by Crippen LogP contribution is -2.29. The molecule has 34 heavy (non-hydrogen) atoms. The highest BCUT2D eigenvalue weighted by Gasteiger charge is 2.47. The van der Waals surface area contributed by atoms with E-state index in [-0.39, 0.29) is 26.9 Å². The van der Waals surface area contributed by atoms with Gasteiger partial charge in [0.1, 0.15) is 17.3 Å². The quantitative estimate of drug-likeness (QED) is 0.277. The number of carbonyl (C=O) groups excluding carboxylic acids is 2. The van der Waals surface area contributed by atoms with Crippen LogP contribution in [0.2, 0.25) is 10.0 Å². The first-order valence-corrected chi connectivity index (χ1v) is 11.1. The Morgan fingerprint density at radius 3 is 2.62 bits per heavy atom. The lowest BCUT2D eigenvalue weighted by molar-refractivity contribution is -0.132. The van der Waals surface area contributed by atoms with Crippen LogP contribution in [0.5, 0.6) is 11.5 Å². The number of Topliss-reactive ketones (excluding diaryl/α,β-unsaturated/α-hetero) is 1. The van der Waals surface area contributed by atoms with E-state index in [0.29, 0.717) is 23.6 Å². The third-order valence-corrected chi connectivity index (χ3v) is 5.82. The minimum absolute atomic E-state index is 0.0926. The molecule has 174 valence electrons. The number of ether oxygens (including phenoxy) is 2. The molecule has 3 aromatic rings. The van der Waals surface area contributed by atoms with Gasteiger partial charge >= 0.3 is 0 Å². The molecule has 1 aliphatic rings. The molecule has 1 fully saturated rings. The molecule has 1 saturated heterocycles. The molecule has 0 saturated carbocycles. The Bertz CT molecular complexity index is 1290. The number of rotatable bonds is 6. The fraction of sp³-hybridized carbons (Fsp3) is 0.160. The van der Waals surface area contributed by atoms with Crippen LogP contribution >= 0.6 is 23.2 Å². The number of hydrogen-bond donors (Lipinski definition) is 1. The number of hydrogen-bond acceptors (Lipinski definition) is 6. The highest BCUT2D eigenvalue weighted by molar-refractivity contribution is 6.52. The van der Waals surface area contributed by atoms with Gasteiger partial charge in [0.15, 0.2) is 0 Å². The number of amides is 1. The Balaban J connectivity index is 1.97. The monoisotopic (exact) mass is 498 g/mol. The lowest BCUT2D eigenvalue weighted by atomic mass is 9.95. The predicted molar refractivity (Wildman–Crippen MR) is 130 cm³/mol. The number of carbonyl (C=O) groups is 2. The van der Waals surface area contributed by atoms with Gasteiger partial charge < -0.3 is 14.6 Å². The van der Waals surface area contributed by atoms with Crippen LogP contribution in [0, 0.1) is 0 Å². The van der Waals surface area contributed by atoms with Gasteiger partial charge in [-0.05, 0) is 42.8 Å². The van der Waals surface area contributed by atoms with E-state index >= 15 is 0 Å². The Hall–Kier alpha value is -3.55. The summed E-state index contributed by atoms with van der Waals surface area (Å²) in [5, 5.41) is 11.7. The first kappa shape index (κ1) is 23.6. The van der Waals surface area contributed by atoms with Gasteiger partial charge in [-0.2, -0.15) is 0 Å². The van der Waals surface area contributed by atoms with Crippen LogP contribution < -0.4 is 14.4 Å². The van der Waals surface area contributed by atoms with Crippen molar-refractivity contribution in [1.82, 2.24) is 4.98 Å². The van der Waals surface area contributed by atoms with Crippen molar-refractivity contribution >= 4 is 46.3 Å². The topological polar surface area (TPSA) is 89.0 Å². The van der Waals surface area contributed by atoms with Gasteiger partial charge in [-0.3, -0.25) is 19.5 Å². The van der Waals surface area contributed by atoms with Gasteiger partial charge in [-0.15, -0.1) is 0 Å². The average molecular weight is 499 g/mol. The van der Waals surface area contributed by atoms with Crippen LogP contribution in [0.15, 0.2) is 66.5 Å². The number of benzene rings is 2. The van der Waals surface area contributed by atoms with E-state index in [0.717, 1.165) is 0 Å². The first-order valence-electron chi connectivity index (χ1n) is 10.3. The zero-order valence-corrected chi connectivity index (χ0v) is 19.8. The Morgan fingerprint density at radius 2 is 1.94 bits per heavy atom. The van der Waals surface area contributed by atoms with E-state index < -0.39 is 23.5 Å². The molecule has 4 rings (SSSR count). The third-order valence-electron chi connectivity index (χ3n) is 5.32. The first-order chi connectivity index (χ1) is 16.4. The van der Waals surface area contributed by atoms with Crippen molar-refractivity contribution in [3.8, 4) is 11.5 Å². The second-order valence-electron chi connectivity index (χ2n) is 7.35. The van der Waals surface area contributed by atoms with Crippen LogP contribution in [0.3, 0.4) is 0 Å². The minimum Gasteiger partial charge on any atom is -0.507 e. The van der Waals surface area contributed by atoms with Crippen LogP contribution in [0.25, 0.3) is 5.76 Å². The van der Waals surface area contributed by atoms with Crippen LogP contribution in [0.4, 0.5) is 5.69 Å². The molecule has 0 bridgehead atoms. The average Bonchev–Trinajstić information content (AvgIpc) is 3.09. The molecule has 0 aliphatic carbocycles. The number of methoxy groups -OCH3 is 1. The van der Waals surface area contributed by atoms with Gasteiger partial charge in [-0.1, -0.05) is 35.3 Å². The number of aromatic nitrogens is 1. The summed E-state index contributed by atoms with van der Waals surface area (Å²) in [7, 11) is 1.38. The van der Waals surface area contributed by atoms with E-state index in [1.807, 2.05) is 6.92 Å². The molecular weight excluding hydrogens is 479 g/mol. The number of pyridine rings is 1. The fourth-order valence-corrected chi connectivity index (χ4v) is 4.50. The molecule has 0 radical (unpaired) electrons. The lowest BCUT2D eigenvalue weighted by Gasteiger charge is -2.25. The Labute approximate surface area is 206 Å². The van der Waals surface area contributed by atoms with Crippen LogP contribution in [-0.4, -0.2) is 35.5 Å². The standard InChI is InChI=1S/C25H20Cl2N2O5/c1-3-34-17-8-4-7-16(12-17)29-21(14-6-5-9-28-13-14)20(23(31)25(29)32)22(30)18-10-15(26)11-19(27)24(18)33-2/h4-13,21,30H,3H2,1-2H3/b22-20+. The fourth-order valence-electron chi connectivity index (χ4n) is 3.93. The van der Waals surface area contributed by atoms with E-state index in [9.17, 15) is 14.7 Å². The molecule has 2 aromatic carbocycles. The second-order valence-corrected chi connectivity index (χ2v) is 8.20. The molecule has 1 N–H and O–H groups in total. The zero-order chi connectivity index (χ0) is 24.4. The third kappa shape index (κ3) is 4.20. The molecule has 1 aromatic heterocycles. The number of aliphatic hydroxyl groups excluding tert-OH is 1. The number of ketones is 1. The molecule has 2 heterocycles. The number of aliphatic hydroxyl groups is 1. The zero-order valence-electron chi connectivity index (χ0n) is 18.3. The van der Waals surface area contributed by atoms with E-state index in [1.54, 1.807) is 42.6 Å². The van der Waals surface area contributed by atoms with Crippen molar-refractivity contribution in [1.29, 1.82) is 0 Å². The molecule has 1 amide bonds. The summed E-state index contributed by atoms with van der Waals surface area (Å²) in [6.07, 6.45) is 3.11. The van der Waals surface area contributed by atoms with E-state index in [2.05, 4.69) is 4.98 Å². The van der Waals surface area contributed by atoms with Gasteiger partial charge in [-0.25, -0.2) is 0 Å². The summed E-state index contributed by atoms with van der Waals surface area (Å²) in [4.78, 5) is 32.0. The largest absolute Gasteiger partial charge is 0.507 e. The van der Waals surface area contributed by atoms with Gasteiger partial charge in [0.25, 0.3) is 11.7 Å². The maximum absolute atomic E-state index is 13.3. The summed E-state index contributed by atoms with van der Waals surface area (Å²) >= 11 is 12.4. The van der Waals surface area contributed by atoms with Crippen molar-refractivity contribution < 1.29 is 24.2 Å².